The molecule has 0 atom stereocenters. The SMILES string of the molecule is O=C1NCNc2sc(Br)cc21. The lowest BCUT2D eigenvalue weighted by Crippen LogP contribution is -2.33. The van der Waals surface area contributed by atoms with Crippen molar-refractivity contribution >= 4 is 38.2 Å². The van der Waals surface area contributed by atoms with E-state index in [4.69, 9.17) is 0 Å². The Labute approximate surface area is 75.9 Å². The van der Waals surface area contributed by atoms with Crippen LogP contribution in [0.15, 0.2) is 9.85 Å². The van der Waals surface area contributed by atoms with Crippen molar-refractivity contribution in [2.75, 3.05) is 12.0 Å². The van der Waals surface area contributed by atoms with E-state index in [0.717, 1.165) is 14.4 Å². The number of fused-ring (bicyclic) bond motifs is 1. The van der Waals surface area contributed by atoms with Gasteiger partial charge >= 0.3 is 0 Å². The number of rotatable bonds is 0. The summed E-state index contributed by atoms with van der Waals surface area (Å²) in [6, 6.07) is 1.82. The van der Waals surface area contributed by atoms with E-state index in [1.807, 2.05) is 6.07 Å². The lowest BCUT2D eigenvalue weighted by Gasteiger charge is -2.13. The van der Waals surface area contributed by atoms with Crippen LogP contribution in [-0.4, -0.2) is 12.6 Å². The Kier molecular flexibility index (Phi) is 1.61. The molecule has 0 bridgehead atoms. The summed E-state index contributed by atoms with van der Waals surface area (Å²) in [5, 5.41) is 6.70. The lowest BCUT2D eigenvalue weighted by molar-refractivity contribution is 0.0953. The van der Waals surface area contributed by atoms with Gasteiger partial charge in [-0.3, -0.25) is 4.79 Å². The van der Waals surface area contributed by atoms with Gasteiger partial charge in [-0.25, -0.2) is 0 Å². The first-order valence-corrected chi connectivity index (χ1v) is 4.70. The predicted molar refractivity (Wildman–Crippen MR) is 48.0 cm³/mol. The van der Waals surface area contributed by atoms with Crippen LogP contribution in [0.25, 0.3) is 0 Å². The molecule has 0 saturated heterocycles. The Balaban J connectivity index is 2.52. The minimum atomic E-state index is 0.000648. The number of nitrogens with one attached hydrogen (secondary N) is 2. The molecule has 0 fully saturated rings. The quantitative estimate of drug-likeness (QED) is 0.714. The Bertz CT molecular complexity index is 310. The van der Waals surface area contributed by atoms with Gasteiger partial charge in [-0.2, -0.15) is 0 Å². The highest BCUT2D eigenvalue weighted by Gasteiger charge is 2.18. The van der Waals surface area contributed by atoms with Gasteiger partial charge in [0.2, 0.25) is 0 Å². The van der Waals surface area contributed by atoms with E-state index < -0.39 is 0 Å². The highest BCUT2D eigenvalue weighted by Crippen LogP contribution is 2.32. The van der Waals surface area contributed by atoms with Crippen molar-refractivity contribution in [1.82, 2.24) is 5.32 Å². The Morgan fingerprint density at radius 3 is 3.09 bits per heavy atom. The second-order valence-corrected chi connectivity index (χ2v) is 4.58. The molecule has 0 aliphatic carbocycles. The van der Waals surface area contributed by atoms with E-state index in [9.17, 15) is 4.79 Å². The van der Waals surface area contributed by atoms with Gasteiger partial charge in [0, 0.05) is 0 Å². The van der Waals surface area contributed by atoms with Crippen molar-refractivity contribution in [3.63, 3.8) is 0 Å². The maximum atomic E-state index is 11.1. The summed E-state index contributed by atoms with van der Waals surface area (Å²) in [7, 11) is 0. The molecule has 1 aromatic rings. The van der Waals surface area contributed by atoms with Gasteiger partial charge < -0.3 is 10.6 Å². The Hall–Kier alpha value is -0.550. The Morgan fingerprint density at radius 2 is 2.36 bits per heavy atom. The average Bonchev–Trinajstić information content (AvgIpc) is 2.31. The third kappa shape index (κ3) is 1.14. The molecule has 0 saturated carbocycles. The lowest BCUT2D eigenvalue weighted by atomic mass is 10.3. The van der Waals surface area contributed by atoms with Crippen LogP contribution < -0.4 is 10.6 Å². The molecule has 0 radical (unpaired) electrons. The minimum absolute atomic E-state index is 0.000648. The number of amides is 1. The molecule has 0 unspecified atom stereocenters. The first-order valence-electron chi connectivity index (χ1n) is 3.09. The van der Waals surface area contributed by atoms with Crippen LogP contribution in [0, 0.1) is 0 Å². The van der Waals surface area contributed by atoms with Gasteiger partial charge in [0.05, 0.1) is 16.0 Å². The number of carbonyl (C=O) groups excluding carboxylic acids is 1. The maximum Gasteiger partial charge on any atom is 0.255 e. The fraction of sp³-hybridized carbons (Fsp3) is 0.167. The molecular formula is C6H5BrN2OS. The normalized spacial score (nSPS) is 15.2. The third-order valence-electron chi connectivity index (χ3n) is 1.44. The van der Waals surface area contributed by atoms with Crippen molar-refractivity contribution in [2.24, 2.45) is 0 Å². The number of anilines is 1. The van der Waals surface area contributed by atoms with Gasteiger partial charge in [0.25, 0.3) is 5.91 Å². The second-order valence-electron chi connectivity index (χ2n) is 2.15. The smallest absolute Gasteiger partial charge is 0.255 e. The topological polar surface area (TPSA) is 41.1 Å². The van der Waals surface area contributed by atoms with Gasteiger partial charge in [0.1, 0.15) is 5.00 Å². The molecule has 1 amide bonds. The number of halogens is 1. The number of carbonyl (C=O) groups is 1. The van der Waals surface area contributed by atoms with Gasteiger partial charge in [-0.1, -0.05) is 0 Å². The van der Waals surface area contributed by atoms with Crippen LogP contribution in [0.2, 0.25) is 0 Å². The molecule has 3 nitrogen and oxygen atoms in total. The summed E-state index contributed by atoms with van der Waals surface area (Å²) < 4.78 is 0.979. The maximum absolute atomic E-state index is 11.1. The number of hydrogen-bond acceptors (Lipinski definition) is 3. The zero-order valence-electron chi connectivity index (χ0n) is 5.48. The molecule has 0 spiro atoms. The molecule has 1 aromatic heterocycles. The molecule has 1 aliphatic rings. The summed E-state index contributed by atoms with van der Waals surface area (Å²) in [5.74, 6) is 0.000648. The van der Waals surface area contributed by atoms with Crippen molar-refractivity contribution in [3.8, 4) is 0 Å². The van der Waals surface area contributed by atoms with Crippen LogP contribution in [0.1, 0.15) is 10.4 Å². The Morgan fingerprint density at radius 1 is 1.55 bits per heavy atom. The second kappa shape index (κ2) is 2.49. The first kappa shape index (κ1) is 7.12. The summed E-state index contributed by atoms with van der Waals surface area (Å²) >= 11 is 4.86. The predicted octanol–water partition coefficient (Wildman–Crippen LogP) is 1.62. The van der Waals surface area contributed by atoms with Crippen molar-refractivity contribution in [1.29, 1.82) is 0 Å². The van der Waals surface area contributed by atoms with Crippen LogP contribution in [0.3, 0.4) is 0 Å². The van der Waals surface area contributed by atoms with Crippen LogP contribution in [0.5, 0.6) is 0 Å². The molecule has 1 aliphatic heterocycles. The van der Waals surface area contributed by atoms with Crippen molar-refractivity contribution in [2.45, 2.75) is 0 Å². The summed E-state index contributed by atoms with van der Waals surface area (Å²) in [6.45, 7) is 0.527. The third-order valence-corrected chi connectivity index (χ3v) is 3.04. The summed E-state index contributed by atoms with van der Waals surface area (Å²) in [6.07, 6.45) is 0. The van der Waals surface area contributed by atoms with E-state index in [2.05, 4.69) is 26.6 Å². The highest BCUT2D eigenvalue weighted by atomic mass is 79.9. The van der Waals surface area contributed by atoms with E-state index >= 15 is 0 Å². The fourth-order valence-corrected chi connectivity index (χ4v) is 2.45. The highest BCUT2D eigenvalue weighted by molar-refractivity contribution is 9.11. The molecule has 0 aromatic carbocycles. The van der Waals surface area contributed by atoms with Gasteiger partial charge in [0.15, 0.2) is 0 Å². The van der Waals surface area contributed by atoms with E-state index in [0.29, 0.717) is 6.67 Å². The van der Waals surface area contributed by atoms with Crippen LogP contribution >= 0.6 is 27.3 Å². The number of thiophene rings is 1. The molecule has 2 heterocycles. The van der Waals surface area contributed by atoms with Gasteiger partial charge in [-0.15, -0.1) is 11.3 Å². The summed E-state index contributed by atoms with van der Waals surface area (Å²) in [4.78, 5) is 11.1. The van der Waals surface area contributed by atoms with Gasteiger partial charge in [-0.05, 0) is 22.0 Å². The van der Waals surface area contributed by atoms with E-state index in [-0.39, 0.29) is 5.91 Å². The minimum Gasteiger partial charge on any atom is -0.359 e. The molecule has 5 heteroatoms. The van der Waals surface area contributed by atoms with Crippen molar-refractivity contribution in [3.05, 3.63) is 15.4 Å². The van der Waals surface area contributed by atoms with Crippen LogP contribution in [-0.2, 0) is 0 Å². The molecule has 2 N–H and O–H groups in total. The largest absolute Gasteiger partial charge is 0.359 e. The monoisotopic (exact) mass is 232 g/mol. The molecule has 2 rings (SSSR count). The zero-order valence-corrected chi connectivity index (χ0v) is 7.88. The first-order chi connectivity index (χ1) is 5.27. The number of hydrogen-bond donors (Lipinski definition) is 2. The van der Waals surface area contributed by atoms with Crippen molar-refractivity contribution < 1.29 is 4.79 Å². The molecular weight excluding hydrogens is 228 g/mol. The molecule has 58 valence electrons. The average molecular weight is 233 g/mol. The van der Waals surface area contributed by atoms with E-state index in [1.165, 1.54) is 11.3 Å². The fourth-order valence-electron chi connectivity index (χ4n) is 0.961. The standard InChI is InChI=1S/C6H5BrN2OS/c7-4-1-3-5(10)8-2-9-6(3)11-4/h1,9H,2H2,(H,8,10). The molecule has 11 heavy (non-hydrogen) atoms. The van der Waals surface area contributed by atoms with Crippen LogP contribution in [0.4, 0.5) is 5.00 Å². The zero-order chi connectivity index (χ0) is 7.84. The summed E-state index contributed by atoms with van der Waals surface area (Å²) in [5.41, 5.74) is 0.730. The van der Waals surface area contributed by atoms with E-state index in [1.54, 1.807) is 0 Å².